The van der Waals surface area contributed by atoms with Crippen LogP contribution in [0.2, 0.25) is 0 Å². The van der Waals surface area contributed by atoms with Crippen LogP contribution >= 0.6 is 11.3 Å². The fourth-order valence-corrected chi connectivity index (χ4v) is 5.78. The van der Waals surface area contributed by atoms with Crippen molar-refractivity contribution in [1.29, 1.82) is 0 Å². The number of primary sulfonamides is 1. The van der Waals surface area contributed by atoms with Gasteiger partial charge in [-0.25, -0.2) is 32.9 Å². The van der Waals surface area contributed by atoms with Crippen molar-refractivity contribution in [2.24, 2.45) is 5.14 Å². The SMILES string of the molecule is CCC(c1cccc(-c2nc(C(C)(C)C)sc2-c2ccnc(CCC(C)(C)O)n2)c1F)S(N)(=O)=O. The second-order valence-corrected chi connectivity index (χ2v) is 13.1. The molecule has 3 rings (SSSR count). The maximum atomic E-state index is 15.8. The van der Waals surface area contributed by atoms with Gasteiger partial charge in [-0.3, -0.25) is 0 Å². The van der Waals surface area contributed by atoms with Crippen LogP contribution in [0.15, 0.2) is 30.5 Å². The molecule has 0 aliphatic heterocycles. The largest absolute Gasteiger partial charge is 0.390 e. The third-order valence-corrected chi connectivity index (χ3v) is 8.45. The van der Waals surface area contributed by atoms with E-state index in [1.807, 2.05) is 20.8 Å². The third-order valence-electron chi connectivity index (χ3n) is 5.57. The summed E-state index contributed by atoms with van der Waals surface area (Å²) in [6.45, 7) is 11.2. The molecule has 1 atom stereocenters. The zero-order valence-corrected chi connectivity index (χ0v) is 22.6. The van der Waals surface area contributed by atoms with E-state index in [0.29, 0.717) is 34.9 Å². The average molecular weight is 521 g/mol. The summed E-state index contributed by atoms with van der Waals surface area (Å²) in [5.41, 5.74) is 0.0692. The Morgan fingerprint density at radius 3 is 2.40 bits per heavy atom. The Hall–Kier alpha value is -2.27. The number of aryl methyl sites for hydroxylation is 1. The summed E-state index contributed by atoms with van der Waals surface area (Å²) in [6.07, 6.45) is 2.76. The van der Waals surface area contributed by atoms with Gasteiger partial charge in [0.2, 0.25) is 10.0 Å². The van der Waals surface area contributed by atoms with Gasteiger partial charge in [0.25, 0.3) is 0 Å². The van der Waals surface area contributed by atoms with Crippen molar-refractivity contribution >= 4 is 21.4 Å². The van der Waals surface area contributed by atoms with Gasteiger partial charge >= 0.3 is 0 Å². The first kappa shape index (κ1) is 27.3. The van der Waals surface area contributed by atoms with Crippen molar-refractivity contribution in [3.05, 3.63) is 52.7 Å². The van der Waals surface area contributed by atoms with Crippen molar-refractivity contribution in [3.63, 3.8) is 0 Å². The first-order valence-corrected chi connectivity index (χ1v) is 13.9. The average Bonchev–Trinajstić information content (AvgIpc) is 3.19. The molecule has 2 aromatic heterocycles. The molecule has 7 nitrogen and oxygen atoms in total. The summed E-state index contributed by atoms with van der Waals surface area (Å²) in [6, 6.07) is 6.41. The van der Waals surface area contributed by atoms with Crippen molar-refractivity contribution < 1.29 is 17.9 Å². The number of hydrogen-bond acceptors (Lipinski definition) is 7. The van der Waals surface area contributed by atoms with Gasteiger partial charge in [0.1, 0.15) is 16.9 Å². The number of sulfonamides is 1. The zero-order chi connectivity index (χ0) is 26.2. The Morgan fingerprint density at radius 2 is 1.83 bits per heavy atom. The summed E-state index contributed by atoms with van der Waals surface area (Å²) in [5, 5.41) is 15.1. The van der Waals surface area contributed by atoms with Crippen LogP contribution in [-0.4, -0.2) is 34.1 Å². The van der Waals surface area contributed by atoms with Crippen LogP contribution in [0.1, 0.15) is 76.0 Å². The molecule has 0 radical (unpaired) electrons. The molecule has 1 unspecified atom stereocenters. The molecule has 0 saturated carbocycles. The second kappa shape index (κ2) is 10.0. The van der Waals surface area contributed by atoms with Crippen molar-refractivity contribution in [1.82, 2.24) is 15.0 Å². The summed E-state index contributed by atoms with van der Waals surface area (Å²) >= 11 is 1.42. The van der Waals surface area contributed by atoms with Gasteiger partial charge in [-0.15, -0.1) is 11.3 Å². The smallest absolute Gasteiger partial charge is 0.216 e. The number of aromatic nitrogens is 3. The van der Waals surface area contributed by atoms with E-state index in [1.54, 1.807) is 45.2 Å². The highest BCUT2D eigenvalue weighted by molar-refractivity contribution is 7.89. The fraction of sp³-hybridized carbons (Fsp3) is 0.480. The number of hydrogen-bond donors (Lipinski definition) is 2. The number of rotatable bonds is 8. The topological polar surface area (TPSA) is 119 Å². The predicted octanol–water partition coefficient (Wildman–Crippen LogP) is 5.15. The first-order chi connectivity index (χ1) is 16.1. The highest BCUT2D eigenvalue weighted by Gasteiger charge is 2.29. The van der Waals surface area contributed by atoms with E-state index >= 15 is 4.39 Å². The van der Waals surface area contributed by atoms with Crippen LogP contribution in [0.3, 0.4) is 0 Å². The summed E-state index contributed by atoms with van der Waals surface area (Å²) < 4.78 is 40.1. The Balaban J connectivity index is 2.19. The maximum Gasteiger partial charge on any atom is 0.216 e. The maximum absolute atomic E-state index is 15.8. The van der Waals surface area contributed by atoms with E-state index in [-0.39, 0.29) is 23.0 Å². The molecule has 35 heavy (non-hydrogen) atoms. The number of halogens is 1. The third kappa shape index (κ3) is 6.49. The van der Waals surface area contributed by atoms with Gasteiger partial charge < -0.3 is 5.11 Å². The molecule has 3 N–H and O–H groups in total. The standard InChI is InChI=1S/C25H33FN4O3S2/c1-7-18(35(27,32)33)15-9-8-10-16(20(15)26)21-22(34-23(30-21)24(2,3)4)17-12-14-28-19(29-17)11-13-25(5,6)31/h8-10,12,14,18,31H,7,11,13H2,1-6H3,(H2,27,32,33). The van der Waals surface area contributed by atoms with Gasteiger partial charge in [0, 0.05) is 29.2 Å². The number of nitrogens with two attached hydrogens (primary N) is 1. The molecule has 0 amide bonds. The number of thiazole rings is 1. The molecule has 0 aliphatic carbocycles. The first-order valence-electron chi connectivity index (χ1n) is 11.5. The van der Waals surface area contributed by atoms with Crippen molar-refractivity contribution in [2.45, 2.75) is 77.1 Å². The lowest BCUT2D eigenvalue weighted by molar-refractivity contribution is 0.0708. The molecule has 0 saturated heterocycles. The van der Waals surface area contributed by atoms with E-state index in [2.05, 4.69) is 9.97 Å². The van der Waals surface area contributed by atoms with Crippen LogP contribution in [-0.2, 0) is 21.9 Å². The Labute approximate surface area is 210 Å². The summed E-state index contributed by atoms with van der Waals surface area (Å²) in [5.74, 6) is -0.0903. The lowest BCUT2D eigenvalue weighted by Crippen LogP contribution is -2.22. The normalized spacial score (nSPS) is 13.7. The molecule has 190 valence electrons. The van der Waals surface area contributed by atoms with Crippen LogP contribution in [0, 0.1) is 5.82 Å². The number of aliphatic hydroxyl groups is 1. The molecule has 0 bridgehead atoms. The zero-order valence-electron chi connectivity index (χ0n) is 21.0. The Kier molecular flexibility index (Phi) is 7.81. The Morgan fingerprint density at radius 1 is 1.14 bits per heavy atom. The quantitative estimate of drug-likeness (QED) is 0.424. The molecule has 1 aromatic carbocycles. The minimum absolute atomic E-state index is 0.0253. The predicted molar refractivity (Wildman–Crippen MR) is 138 cm³/mol. The monoisotopic (exact) mass is 520 g/mol. The van der Waals surface area contributed by atoms with Gasteiger partial charge in [0.15, 0.2) is 0 Å². The second-order valence-electron chi connectivity index (χ2n) is 10.3. The van der Waals surface area contributed by atoms with Gasteiger partial charge in [-0.2, -0.15) is 0 Å². The van der Waals surface area contributed by atoms with Gasteiger partial charge in [-0.05, 0) is 38.8 Å². The van der Waals surface area contributed by atoms with Crippen LogP contribution in [0.5, 0.6) is 0 Å². The minimum atomic E-state index is -3.99. The molecule has 0 spiro atoms. The Bertz CT molecular complexity index is 1310. The van der Waals surface area contributed by atoms with Gasteiger partial charge in [0.05, 0.1) is 26.9 Å². The molecule has 2 heterocycles. The molecule has 10 heteroatoms. The van der Waals surface area contributed by atoms with Crippen LogP contribution in [0.4, 0.5) is 4.39 Å². The van der Waals surface area contributed by atoms with Crippen LogP contribution < -0.4 is 5.14 Å². The minimum Gasteiger partial charge on any atom is -0.390 e. The molecule has 0 fully saturated rings. The summed E-state index contributed by atoms with van der Waals surface area (Å²) in [7, 11) is -3.99. The van der Waals surface area contributed by atoms with E-state index < -0.39 is 26.7 Å². The fourth-order valence-electron chi connectivity index (χ4n) is 3.67. The lowest BCUT2D eigenvalue weighted by Gasteiger charge is -2.16. The summed E-state index contributed by atoms with van der Waals surface area (Å²) in [4.78, 5) is 14.5. The van der Waals surface area contributed by atoms with E-state index in [0.717, 1.165) is 5.01 Å². The van der Waals surface area contributed by atoms with Crippen LogP contribution in [0.25, 0.3) is 21.8 Å². The van der Waals surface area contributed by atoms with Gasteiger partial charge in [-0.1, -0.05) is 39.8 Å². The number of benzene rings is 1. The van der Waals surface area contributed by atoms with Crippen molar-refractivity contribution in [3.8, 4) is 21.8 Å². The van der Waals surface area contributed by atoms with Crippen molar-refractivity contribution in [2.75, 3.05) is 0 Å². The molecular formula is C25H33FN4O3S2. The van der Waals surface area contributed by atoms with E-state index in [9.17, 15) is 13.5 Å². The van der Waals surface area contributed by atoms with E-state index in [1.165, 1.54) is 17.4 Å². The highest BCUT2D eigenvalue weighted by Crippen LogP contribution is 2.42. The highest BCUT2D eigenvalue weighted by atomic mass is 32.2. The molecular weight excluding hydrogens is 487 g/mol. The lowest BCUT2D eigenvalue weighted by atomic mass is 9.98. The molecule has 3 aromatic rings. The number of nitrogens with zero attached hydrogens (tertiary/aromatic N) is 3. The molecule has 0 aliphatic rings. The van der Waals surface area contributed by atoms with E-state index in [4.69, 9.17) is 10.1 Å².